The topological polar surface area (TPSA) is 26.3 Å². The van der Waals surface area contributed by atoms with Gasteiger partial charge in [-0.1, -0.05) is 0 Å². The van der Waals surface area contributed by atoms with Gasteiger partial charge in [-0.05, 0) is 49.4 Å². The van der Waals surface area contributed by atoms with E-state index in [2.05, 4.69) is 0 Å². The van der Waals surface area contributed by atoms with E-state index < -0.39 is 0 Å². The third-order valence-corrected chi connectivity index (χ3v) is 3.05. The van der Waals surface area contributed by atoms with Crippen LogP contribution in [0.5, 0.6) is 5.75 Å². The van der Waals surface area contributed by atoms with Crippen molar-refractivity contribution in [3.8, 4) is 5.75 Å². The lowest BCUT2D eigenvalue weighted by Crippen LogP contribution is -2.10. The van der Waals surface area contributed by atoms with E-state index in [4.69, 9.17) is 4.74 Å². The number of Topliss-reactive ketones (excluding diaryl/α,β-unsaturated/α-hetero) is 1. The van der Waals surface area contributed by atoms with E-state index in [0.29, 0.717) is 12.5 Å². The second-order valence-corrected chi connectivity index (χ2v) is 4.41. The predicted octanol–water partition coefficient (Wildman–Crippen LogP) is 2.75. The van der Waals surface area contributed by atoms with Crippen molar-refractivity contribution in [1.82, 2.24) is 0 Å². The maximum Gasteiger partial charge on any atom is 0.163 e. The number of fused-ring (bicyclic) bond motifs is 1. The average molecular weight is 202 g/mol. The molecule has 2 aliphatic rings. The molecule has 0 atom stereocenters. The van der Waals surface area contributed by atoms with Crippen LogP contribution in [0.3, 0.4) is 0 Å². The fourth-order valence-corrected chi connectivity index (χ4v) is 2.07. The first-order valence-electron chi connectivity index (χ1n) is 5.66. The predicted molar refractivity (Wildman–Crippen MR) is 57.4 cm³/mol. The maximum atomic E-state index is 11.6. The Morgan fingerprint density at radius 2 is 2.07 bits per heavy atom. The van der Waals surface area contributed by atoms with Gasteiger partial charge in [-0.25, -0.2) is 0 Å². The van der Waals surface area contributed by atoms with Gasteiger partial charge < -0.3 is 4.74 Å². The number of aryl methyl sites for hydroxylation is 1. The molecule has 0 heterocycles. The molecular formula is C13H14O2. The number of ketones is 1. The highest BCUT2D eigenvalue weighted by Gasteiger charge is 2.24. The molecule has 1 saturated carbocycles. The molecular weight excluding hydrogens is 188 g/mol. The van der Waals surface area contributed by atoms with E-state index in [-0.39, 0.29) is 5.78 Å². The zero-order chi connectivity index (χ0) is 10.3. The highest BCUT2D eigenvalue weighted by molar-refractivity contribution is 5.98. The lowest BCUT2D eigenvalue weighted by molar-refractivity contribution is 0.0972. The number of ether oxygens (including phenoxy) is 1. The first-order chi connectivity index (χ1) is 7.33. The molecule has 78 valence electrons. The second-order valence-electron chi connectivity index (χ2n) is 4.41. The number of hydrogen-bond acceptors (Lipinski definition) is 2. The number of carbonyl (C=O) groups excluding carboxylic acids is 1. The van der Waals surface area contributed by atoms with Gasteiger partial charge in [0, 0.05) is 12.0 Å². The summed E-state index contributed by atoms with van der Waals surface area (Å²) < 4.78 is 5.72. The van der Waals surface area contributed by atoms with Crippen molar-refractivity contribution < 1.29 is 9.53 Å². The van der Waals surface area contributed by atoms with Crippen LogP contribution in [-0.4, -0.2) is 11.9 Å². The first kappa shape index (κ1) is 8.96. The summed E-state index contributed by atoms with van der Waals surface area (Å²) in [5.41, 5.74) is 2.08. The smallest absolute Gasteiger partial charge is 0.163 e. The zero-order valence-corrected chi connectivity index (χ0v) is 8.66. The van der Waals surface area contributed by atoms with Gasteiger partial charge >= 0.3 is 0 Å². The van der Waals surface area contributed by atoms with Gasteiger partial charge in [-0.3, -0.25) is 4.79 Å². The molecule has 0 aromatic heterocycles. The third kappa shape index (κ3) is 1.76. The molecule has 0 amide bonds. The van der Waals surface area contributed by atoms with Crippen LogP contribution in [0.15, 0.2) is 18.2 Å². The second kappa shape index (κ2) is 3.37. The van der Waals surface area contributed by atoms with Gasteiger partial charge in [0.1, 0.15) is 5.75 Å². The summed E-state index contributed by atoms with van der Waals surface area (Å²) in [4.78, 5) is 11.6. The zero-order valence-electron chi connectivity index (χ0n) is 8.66. The highest BCUT2D eigenvalue weighted by Crippen LogP contribution is 2.30. The van der Waals surface area contributed by atoms with Crippen LogP contribution in [0.2, 0.25) is 0 Å². The Morgan fingerprint density at radius 3 is 2.87 bits per heavy atom. The molecule has 3 rings (SSSR count). The van der Waals surface area contributed by atoms with Crippen molar-refractivity contribution >= 4 is 5.78 Å². The fraction of sp³-hybridized carbons (Fsp3) is 0.462. The normalized spacial score (nSPS) is 19.9. The van der Waals surface area contributed by atoms with E-state index in [1.54, 1.807) is 0 Å². The van der Waals surface area contributed by atoms with Crippen molar-refractivity contribution in [3.63, 3.8) is 0 Å². The molecule has 1 aromatic rings. The van der Waals surface area contributed by atoms with Gasteiger partial charge in [0.05, 0.1) is 6.10 Å². The van der Waals surface area contributed by atoms with Gasteiger partial charge in [0.15, 0.2) is 5.78 Å². The Balaban J connectivity index is 1.90. The summed E-state index contributed by atoms with van der Waals surface area (Å²) in [6.07, 6.45) is 5.49. The van der Waals surface area contributed by atoms with Crippen LogP contribution in [0.1, 0.15) is 41.6 Å². The summed E-state index contributed by atoms with van der Waals surface area (Å²) in [5, 5.41) is 0. The minimum absolute atomic E-state index is 0.286. The largest absolute Gasteiger partial charge is 0.490 e. The Labute approximate surface area is 89.2 Å². The van der Waals surface area contributed by atoms with Crippen molar-refractivity contribution in [2.45, 2.75) is 38.2 Å². The third-order valence-electron chi connectivity index (χ3n) is 3.05. The molecule has 2 nitrogen and oxygen atoms in total. The lowest BCUT2D eigenvalue weighted by Gasteiger charge is -2.15. The van der Waals surface area contributed by atoms with Gasteiger partial charge in [-0.15, -0.1) is 0 Å². The van der Waals surface area contributed by atoms with E-state index >= 15 is 0 Å². The fourth-order valence-electron chi connectivity index (χ4n) is 2.07. The van der Waals surface area contributed by atoms with Crippen LogP contribution in [0, 0.1) is 0 Å². The van der Waals surface area contributed by atoms with Crippen molar-refractivity contribution in [2.75, 3.05) is 0 Å². The van der Waals surface area contributed by atoms with Crippen LogP contribution in [0.4, 0.5) is 0 Å². The first-order valence-corrected chi connectivity index (χ1v) is 5.66. The van der Waals surface area contributed by atoms with Gasteiger partial charge in [0.2, 0.25) is 0 Å². The van der Waals surface area contributed by atoms with Crippen LogP contribution in [0.25, 0.3) is 0 Å². The van der Waals surface area contributed by atoms with Gasteiger partial charge in [0.25, 0.3) is 0 Å². The molecule has 0 aliphatic heterocycles. The van der Waals surface area contributed by atoms with Gasteiger partial charge in [-0.2, -0.15) is 0 Å². The standard InChI is InChI=1S/C13H14O2/c14-13-3-1-2-9-8-11(6-7-12(9)13)15-10-4-5-10/h6-8,10H,1-5H2. The van der Waals surface area contributed by atoms with E-state index in [1.165, 1.54) is 18.4 Å². The lowest BCUT2D eigenvalue weighted by atomic mass is 9.90. The molecule has 2 aliphatic carbocycles. The SMILES string of the molecule is O=C1CCCc2cc(OC3CC3)ccc21. The van der Waals surface area contributed by atoms with E-state index in [1.807, 2.05) is 18.2 Å². The summed E-state index contributed by atoms with van der Waals surface area (Å²) in [5.74, 6) is 1.22. The number of hydrogen-bond donors (Lipinski definition) is 0. The van der Waals surface area contributed by atoms with Crippen LogP contribution >= 0.6 is 0 Å². The molecule has 0 spiro atoms. The molecule has 0 radical (unpaired) electrons. The number of rotatable bonds is 2. The van der Waals surface area contributed by atoms with E-state index in [9.17, 15) is 4.79 Å². The molecule has 15 heavy (non-hydrogen) atoms. The molecule has 0 N–H and O–H groups in total. The maximum absolute atomic E-state index is 11.6. The van der Waals surface area contributed by atoms with Crippen LogP contribution < -0.4 is 4.74 Å². The number of benzene rings is 1. The average Bonchev–Trinajstić information content (AvgIpc) is 3.02. The van der Waals surface area contributed by atoms with Crippen molar-refractivity contribution in [3.05, 3.63) is 29.3 Å². The quantitative estimate of drug-likeness (QED) is 0.737. The number of carbonyl (C=O) groups is 1. The summed E-state index contributed by atoms with van der Waals surface area (Å²) in [6, 6.07) is 5.90. The van der Waals surface area contributed by atoms with Crippen LogP contribution in [-0.2, 0) is 6.42 Å². The Hall–Kier alpha value is -1.31. The Bertz CT molecular complexity index is 405. The molecule has 2 heteroatoms. The van der Waals surface area contributed by atoms with E-state index in [0.717, 1.165) is 24.2 Å². The van der Waals surface area contributed by atoms with Crippen molar-refractivity contribution in [2.24, 2.45) is 0 Å². The summed E-state index contributed by atoms with van der Waals surface area (Å²) in [7, 11) is 0. The Kier molecular flexibility index (Phi) is 2.01. The minimum Gasteiger partial charge on any atom is -0.490 e. The molecule has 0 bridgehead atoms. The highest BCUT2D eigenvalue weighted by atomic mass is 16.5. The molecule has 1 aromatic carbocycles. The molecule has 0 saturated heterocycles. The summed E-state index contributed by atoms with van der Waals surface area (Å²) in [6.45, 7) is 0. The molecule has 1 fully saturated rings. The minimum atomic E-state index is 0.286. The molecule has 0 unspecified atom stereocenters. The summed E-state index contributed by atoms with van der Waals surface area (Å²) >= 11 is 0. The monoisotopic (exact) mass is 202 g/mol. The Morgan fingerprint density at radius 1 is 1.20 bits per heavy atom. The van der Waals surface area contributed by atoms with Crippen molar-refractivity contribution in [1.29, 1.82) is 0 Å².